The smallest absolute Gasteiger partial charge is 0.412 e. The number of phenols is 1. The molecule has 0 aliphatic rings. The van der Waals surface area contributed by atoms with Crippen LogP contribution in [-0.4, -0.2) is 16.8 Å². The van der Waals surface area contributed by atoms with Gasteiger partial charge in [0, 0.05) is 0 Å². The fourth-order valence-electron chi connectivity index (χ4n) is 1.28. The highest BCUT2D eigenvalue weighted by Crippen LogP contribution is 2.25. The second-order valence-corrected chi connectivity index (χ2v) is 4.79. The molecule has 0 heterocycles. The highest BCUT2D eigenvalue weighted by Gasteiger charge is 2.17. The van der Waals surface area contributed by atoms with Gasteiger partial charge in [-0.1, -0.05) is 6.07 Å². The predicted octanol–water partition coefficient (Wildman–Crippen LogP) is 2.13. The van der Waals surface area contributed by atoms with Gasteiger partial charge in [0.15, 0.2) is 0 Å². The van der Waals surface area contributed by atoms with Crippen molar-refractivity contribution in [3.63, 3.8) is 0 Å². The first-order chi connectivity index (χ1) is 8.31. The van der Waals surface area contributed by atoms with Crippen LogP contribution in [0.2, 0.25) is 0 Å². The van der Waals surface area contributed by atoms with Crippen molar-refractivity contribution in [2.24, 2.45) is 5.90 Å². The van der Waals surface area contributed by atoms with E-state index in [0.29, 0.717) is 5.56 Å². The molecule has 4 N–H and O–H groups in total. The van der Waals surface area contributed by atoms with E-state index < -0.39 is 11.7 Å². The molecule has 1 aromatic carbocycles. The number of anilines is 1. The first kappa shape index (κ1) is 14.3. The highest BCUT2D eigenvalue weighted by molar-refractivity contribution is 5.86. The Morgan fingerprint density at radius 3 is 2.61 bits per heavy atom. The molecule has 1 amide bonds. The van der Waals surface area contributed by atoms with E-state index in [1.807, 2.05) is 0 Å². The Balaban J connectivity index is 2.71. The molecule has 1 rings (SSSR count). The van der Waals surface area contributed by atoms with Gasteiger partial charge in [-0.25, -0.2) is 10.7 Å². The number of nitrogens with two attached hydrogens (primary N) is 1. The van der Waals surface area contributed by atoms with Gasteiger partial charge in [0.1, 0.15) is 11.4 Å². The number of nitrogens with one attached hydrogen (secondary N) is 1. The van der Waals surface area contributed by atoms with Crippen molar-refractivity contribution in [2.75, 3.05) is 5.32 Å². The van der Waals surface area contributed by atoms with E-state index in [0.717, 1.165) is 0 Å². The number of amides is 1. The molecular formula is C12H18N2O4. The Bertz CT molecular complexity index is 427. The van der Waals surface area contributed by atoms with Crippen molar-refractivity contribution >= 4 is 11.8 Å². The number of carbonyl (C=O) groups excluding carboxylic acids is 1. The molecule has 0 spiro atoms. The lowest BCUT2D eigenvalue weighted by molar-refractivity contribution is 0.0635. The first-order valence-electron chi connectivity index (χ1n) is 5.45. The van der Waals surface area contributed by atoms with Gasteiger partial charge < -0.3 is 9.84 Å². The molecular weight excluding hydrogens is 236 g/mol. The maximum Gasteiger partial charge on any atom is 0.412 e. The van der Waals surface area contributed by atoms with Crippen LogP contribution in [0, 0.1) is 0 Å². The maximum absolute atomic E-state index is 11.5. The van der Waals surface area contributed by atoms with E-state index in [-0.39, 0.29) is 18.0 Å². The number of hydrogen-bond acceptors (Lipinski definition) is 5. The molecule has 0 saturated carbocycles. The summed E-state index contributed by atoms with van der Waals surface area (Å²) in [6, 6.07) is 4.69. The standard InChI is InChI=1S/C12H18N2O4/c1-12(2,3)18-11(16)14-9-5-4-8(7-17-13)6-10(9)15/h4-6,15H,7,13H2,1-3H3,(H,14,16). The molecule has 6 heteroatoms. The van der Waals surface area contributed by atoms with Gasteiger partial charge in [-0.2, -0.15) is 0 Å². The lowest BCUT2D eigenvalue weighted by Gasteiger charge is -2.20. The summed E-state index contributed by atoms with van der Waals surface area (Å²) in [5.41, 5.74) is 0.377. The van der Waals surface area contributed by atoms with E-state index >= 15 is 0 Å². The molecule has 0 aromatic heterocycles. The molecule has 18 heavy (non-hydrogen) atoms. The molecule has 0 fully saturated rings. The SMILES string of the molecule is CC(C)(C)OC(=O)Nc1ccc(CON)cc1O. The number of aromatic hydroxyl groups is 1. The molecule has 0 bridgehead atoms. The first-order valence-corrected chi connectivity index (χ1v) is 5.45. The average molecular weight is 254 g/mol. The van der Waals surface area contributed by atoms with Crippen molar-refractivity contribution in [1.82, 2.24) is 0 Å². The topological polar surface area (TPSA) is 93.8 Å². The Kier molecular flexibility index (Phi) is 4.52. The lowest BCUT2D eigenvalue weighted by Crippen LogP contribution is -2.27. The van der Waals surface area contributed by atoms with E-state index in [2.05, 4.69) is 10.2 Å². The van der Waals surface area contributed by atoms with Gasteiger partial charge in [-0.15, -0.1) is 0 Å². The molecule has 0 atom stereocenters. The fraction of sp³-hybridized carbons (Fsp3) is 0.417. The monoisotopic (exact) mass is 254 g/mol. The Morgan fingerprint density at radius 2 is 2.11 bits per heavy atom. The number of benzene rings is 1. The van der Waals surface area contributed by atoms with Crippen molar-refractivity contribution in [3.05, 3.63) is 23.8 Å². The Hall–Kier alpha value is -1.79. The summed E-state index contributed by atoms with van der Waals surface area (Å²) in [4.78, 5) is 15.9. The summed E-state index contributed by atoms with van der Waals surface area (Å²) in [6.45, 7) is 5.46. The van der Waals surface area contributed by atoms with E-state index in [4.69, 9.17) is 10.6 Å². The zero-order valence-corrected chi connectivity index (χ0v) is 10.7. The maximum atomic E-state index is 11.5. The summed E-state index contributed by atoms with van der Waals surface area (Å²) in [6.07, 6.45) is -0.624. The summed E-state index contributed by atoms with van der Waals surface area (Å²) in [5.74, 6) is 4.85. The molecule has 0 unspecified atom stereocenters. The predicted molar refractivity (Wildman–Crippen MR) is 66.9 cm³/mol. The molecule has 1 aromatic rings. The molecule has 0 radical (unpaired) electrons. The van der Waals surface area contributed by atoms with Crippen LogP contribution in [0.15, 0.2) is 18.2 Å². The van der Waals surface area contributed by atoms with E-state index in [9.17, 15) is 9.90 Å². The second-order valence-electron chi connectivity index (χ2n) is 4.79. The molecule has 100 valence electrons. The number of rotatable bonds is 3. The third kappa shape index (κ3) is 4.60. The highest BCUT2D eigenvalue weighted by atomic mass is 16.6. The number of carbonyl (C=O) groups is 1. The van der Waals surface area contributed by atoms with Crippen LogP contribution in [0.3, 0.4) is 0 Å². The minimum Gasteiger partial charge on any atom is -0.506 e. The normalized spacial score (nSPS) is 11.1. The van der Waals surface area contributed by atoms with Crippen LogP contribution in [0.4, 0.5) is 10.5 Å². The Morgan fingerprint density at radius 1 is 1.44 bits per heavy atom. The van der Waals surface area contributed by atoms with Crippen molar-refractivity contribution in [2.45, 2.75) is 33.0 Å². The molecule has 0 aliphatic carbocycles. The zero-order valence-electron chi connectivity index (χ0n) is 10.7. The van der Waals surface area contributed by atoms with Gasteiger partial charge >= 0.3 is 6.09 Å². The van der Waals surface area contributed by atoms with Gasteiger partial charge in [0.2, 0.25) is 0 Å². The van der Waals surface area contributed by atoms with E-state index in [1.54, 1.807) is 32.9 Å². The van der Waals surface area contributed by atoms with Crippen LogP contribution in [0.1, 0.15) is 26.3 Å². The van der Waals surface area contributed by atoms with E-state index in [1.165, 1.54) is 6.07 Å². The summed E-state index contributed by atoms with van der Waals surface area (Å²) in [7, 11) is 0. The van der Waals surface area contributed by atoms with Crippen LogP contribution < -0.4 is 11.2 Å². The minimum absolute atomic E-state index is 0.0737. The largest absolute Gasteiger partial charge is 0.506 e. The van der Waals surface area contributed by atoms with Crippen LogP contribution in [0.5, 0.6) is 5.75 Å². The van der Waals surface area contributed by atoms with Crippen molar-refractivity contribution in [3.8, 4) is 5.75 Å². The second kappa shape index (κ2) is 5.70. The van der Waals surface area contributed by atoms with Crippen molar-refractivity contribution < 1.29 is 19.5 Å². The fourth-order valence-corrected chi connectivity index (χ4v) is 1.28. The van der Waals surface area contributed by atoms with Crippen LogP contribution >= 0.6 is 0 Å². The number of hydrogen-bond donors (Lipinski definition) is 3. The Labute approximate surface area is 106 Å². The quantitative estimate of drug-likeness (QED) is 0.567. The average Bonchev–Trinajstić information content (AvgIpc) is 2.20. The lowest BCUT2D eigenvalue weighted by atomic mass is 10.2. The summed E-state index contributed by atoms with van der Waals surface area (Å²) in [5, 5.41) is 12.2. The third-order valence-electron chi connectivity index (χ3n) is 1.95. The number of phenolic OH excluding ortho intramolecular Hbond substituents is 1. The van der Waals surface area contributed by atoms with Crippen LogP contribution in [0.25, 0.3) is 0 Å². The van der Waals surface area contributed by atoms with Gasteiger partial charge in [0.25, 0.3) is 0 Å². The summed E-state index contributed by atoms with van der Waals surface area (Å²) >= 11 is 0. The molecule has 0 aliphatic heterocycles. The van der Waals surface area contributed by atoms with Crippen molar-refractivity contribution in [1.29, 1.82) is 0 Å². The minimum atomic E-state index is -0.624. The number of ether oxygens (including phenoxy) is 1. The van der Waals surface area contributed by atoms with Crippen LogP contribution in [-0.2, 0) is 16.2 Å². The zero-order chi connectivity index (χ0) is 13.8. The van der Waals surface area contributed by atoms with Gasteiger partial charge in [-0.05, 0) is 38.5 Å². The third-order valence-corrected chi connectivity index (χ3v) is 1.95. The summed E-state index contributed by atoms with van der Waals surface area (Å²) < 4.78 is 5.07. The molecule has 0 saturated heterocycles. The molecule has 6 nitrogen and oxygen atoms in total. The van der Waals surface area contributed by atoms with Gasteiger partial charge in [-0.3, -0.25) is 10.2 Å². The van der Waals surface area contributed by atoms with Gasteiger partial charge in [0.05, 0.1) is 12.3 Å².